The van der Waals surface area contributed by atoms with Gasteiger partial charge in [-0.3, -0.25) is 9.78 Å². The summed E-state index contributed by atoms with van der Waals surface area (Å²) in [4.78, 5) is 17.2. The Morgan fingerprint density at radius 2 is 2.00 bits per heavy atom. The maximum atomic E-state index is 11.9. The largest absolute Gasteiger partial charge is 0.298 e. The fourth-order valence-corrected chi connectivity index (χ4v) is 3.08. The summed E-state index contributed by atoms with van der Waals surface area (Å²) in [5.74, 6) is 0.647. The molecular weight excluding hydrogens is 390 g/mol. The molecule has 0 aliphatic heterocycles. The van der Waals surface area contributed by atoms with Crippen LogP contribution in [0, 0.1) is 0 Å². The van der Waals surface area contributed by atoms with E-state index in [0.29, 0.717) is 12.2 Å². The van der Waals surface area contributed by atoms with Gasteiger partial charge in [-0.2, -0.15) is 0 Å². The summed E-state index contributed by atoms with van der Waals surface area (Å²) in [5, 5.41) is 0. The molecule has 0 radical (unpaired) electrons. The molecule has 0 atom stereocenters. The predicted octanol–water partition coefficient (Wildman–Crippen LogP) is 4.51. The van der Waals surface area contributed by atoms with E-state index < -0.39 is 0 Å². The SMILES string of the molecule is O=C(CSc1cccc(Br)c1)Cc1ccc(Br)cn1. The van der Waals surface area contributed by atoms with Crippen molar-refractivity contribution in [1.29, 1.82) is 0 Å². The van der Waals surface area contributed by atoms with Crippen LogP contribution in [0.5, 0.6) is 0 Å². The first-order valence-corrected chi connectivity index (χ1v) is 8.21. The summed E-state index contributed by atoms with van der Waals surface area (Å²) < 4.78 is 1.95. The highest BCUT2D eigenvalue weighted by atomic mass is 79.9. The van der Waals surface area contributed by atoms with Gasteiger partial charge in [0.25, 0.3) is 0 Å². The molecule has 5 heteroatoms. The standard InChI is InChI=1S/C14H11Br2NOS/c15-10-2-1-3-14(6-10)19-9-13(18)7-12-5-4-11(16)8-17-12/h1-6,8H,7,9H2. The van der Waals surface area contributed by atoms with Crippen molar-refractivity contribution >= 4 is 49.4 Å². The summed E-state index contributed by atoms with van der Waals surface area (Å²) in [7, 11) is 0. The summed E-state index contributed by atoms with van der Waals surface area (Å²) in [6.45, 7) is 0. The van der Waals surface area contributed by atoms with Crippen LogP contribution in [0.3, 0.4) is 0 Å². The zero-order valence-corrected chi connectivity index (χ0v) is 14.0. The number of pyridine rings is 1. The molecule has 0 aliphatic rings. The van der Waals surface area contributed by atoms with Gasteiger partial charge in [0, 0.05) is 32.2 Å². The van der Waals surface area contributed by atoms with E-state index in [1.54, 1.807) is 18.0 Å². The minimum absolute atomic E-state index is 0.180. The van der Waals surface area contributed by atoms with Crippen molar-refractivity contribution in [2.45, 2.75) is 11.3 Å². The third-order valence-corrected chi connectivity index (χ3v) is 4.38. The van der Waals surface area contributed by atoms with Gasteiger partial charge in [0.15, 0.2) is 0 Å². The van der Waals surface area contributed by atoms with Crippen LogP contribution in [0.15, 0.2) is 56.4 Å². The van der Waals surface area contributed by atoms with Crippen LogP contribution in [0.1, 0.15) is 5.69 Å². The molecule has 98 valence electrons. The van der Waals surface area contributed by atoms with Gasteiger partial charge in [-0.05, 0) is 46.3 Å². The molecular formula is C14H11Br2NOS. The lowest BCUT2D eigenvalue weighted by Gasteiger charge is -2.02. The number of halogens is 2. The molecule has 0 N–H and O–H groups in total. The molecule has 0 saturated heterocycles. The molecule has 0 unspecified atom stereocenters. The molecule has 0 saturated carbocycles. The van der Waals surface area contributed by atoms with E-state index in [0.717, 1.165) is 19.5 Å². The Morgan fingerprint density at radius 1 is 1.16 bits per heavy atom. The third kappa shape index (κ3) is 5.09. The number of thioether (sulfide) groups is 1. The molecule has 0 bridgehead atoms. The molecule has 2 rings (SSSR count). The number of aromatic nitrogens is 1. The molecule has 0 fully saturated rings. The second-order valence-corrected chi connectivity index (χ2v) is 6.81. The second-order valence-electron chi connectivity index (χ2n) is 3.93. The van der Waals surface area contributed by atoms with Crippen LogP contribution < -0.4 is 0 Å². The maximum absolute atomic E-state index is 11.9. The number of ketones is 1. The quantitative estimate of drug-likeness (QED) is 0.691. The molecule has 1 aromatic carbocycles. The van der Waals surface area contributed by atoms with Gasteiger partial charge in [0.1, 0.15) is 5.78 Å². The van der Waals surface area contributed by atoms with E-state index in [9.17, 15) is 4.79 Å². The third-order valence-electron chi connectivity index (χ3n) is 2.36. The van der Waals surface area contributed by atoms with E-state index in [1.165, 1.54) is 0 Å². The number of nitrogens with zero attached hydrogens (tertiary/aromatic N) is 1. The van der Waals surface area contributed by atoms with Crippen LogP contribution in [-0.4, -0.2) is 16.5 Å². The Morgan fingerprint density at radius 3 is 2.68 bits per heavy atom. The number of Topliss-reactive ketones (excluding diaryl/α,β-unsaturated/α-hetero) is 1. The van der Waals surface area contributed by atoms with Crippen LogP contribution in [0.4, 0.5) is 0 Å². The van der Waals surface area contributed by atoms with E-state index in [-0.39, 0.29) is 5.78 Å². The zero-order valence-electron chi connectivity index (χ0n) is 9.98. The molecule has 1 heterocycles. The number of rotatable bonds is 5. The first kappa shape index (κ1) is 14.8. The smallest absolute Gasteiger partial charge is 0.149 e. The molecule has 0 amide bonds. The van der Waals surface area contributed by atoms with Crippen molar-refractivity contribution in [1.82, 2.24) is 4.98 Å². The van der Waals surface area contributed by atoms with Gasteiger partial charge in [-0.1, -0.05) is 22.0 Å². The van der Waals surface area contributed by atoms with Crippen molar-refractivity contribution in [3.63, 3.8) is 0 Å². The molecule has 0 aliphatic carbocycles. The van der Waals surface area contributed by atoms with E-state index >= 15 is 0 Å². The minimum Gasteiger partial charge on any atom is -0.298 e. The zero-order chi connectivity index (χ0) is 13.7. The normalized spacial score (nSPS) is 10.4. The summed E-state index contributed by atoms with van der Waals surface area (Å²) in [6.07, 6.45) is 2.10. The lowest BCUT2D eigenvalue weighted by molar-refractivity contribution is -0.116. The Bertz CT molecular complexity index is 572. The van der Waals surface area contributed by atoms with Gasteiger partial charge < -0.3 is 0 Å². The number of carbonyl (C=O) groups excluding carboxylic acids is 1. The topological polar surface area (TPSA) is 30.0 Å². The van der Waals surface area contributed by atoms with E-state index in [4.69, 9.17) is 0 Å². The van der Waals surface area contributed by atoms with E-state index in [2.05, 4.69) is 36.8 Å². The van der Waals surface area contributed by atoms with Crippen LogP contribution in [0.2, 0.25) is 0 Å². The van der Waals surface area contributed by atoms with Crippen molar-refractivity contribution in [3.8, 4) is 0 Å². The monoisotopic (exact) mass is 399 g/mol. The fourth-order valence-electron chi connectivity index (χ4n) is 1.48. The lowest BCUT2D eigenvalue weighted by atomic mass is 10.2. The highest BCUT2D eigenvalue weighted by Crippen LogP contribution is 2.22. The highest BCUT2D eigenvalue weighted by Gasteiger charge is 2.06. The number of benzene rings is 1. The van der Waals surface area contributed by atoms with Crippen molar-refractivity contribution in [3.05, 3.63) is 57.2 Å². The van der Waals surface area contributed by atoms with Gasteiger partial charge >= 0.3 is 0 Å². The fraction of sp³-hybridized carbons (Fsp3) is 0.143. The van der Waals surface area contributed by atoms with Crippen molar-refractivity contribution in [2.75, 3.05) is 5.75 Å². The number of hydrogen-bond donors (Lipinski definition) is 0. The molecule has 2 aromatic rings. The first-order valence-electron chi connectivity index (χ1n) is 5.64. The van der Waals surface area contributed by atoms with Crippen LogP contribution in [-0.2, 0) is 11.2 Å². The maximum Gasteiger partial charge on any atom is 0.149 e. The molecule has 2 nitrogen and oxygen atoms in total. The van der Waals surface area contributed by atoms with Crippen LogP contribution in [0.25, 0.3) is 0 Å². The minimum atomic E-state index is 0.180. The number of hydrogen-bond acceptors (Lipinski definition) is 3. The lowest BCUT2D eigenvalue weighted by Crippen LogP contribution is -2.06. The Balaban J connectivity index is 1.86. The summed E-state index contributed by atoms with van der Waals surface area (Å²) in [5.41, 5.74) is 0.808. The van der Waals surface area contributed by atoms with Gasteiger partial charge in [0.2, 0.25) is 0 Å². The average Bonchev–Trinajstić information content (AvgIpc) is 2.39. The first-order chi connectivity index (χ1) is 9.13. The van der Waals surface area contributed by atoms with Gasteiger partial charge in [0.05, 0.1) is 5.75 Å². The Hall–Kier alpha value is -0.650. The Labute approximate surface area is 133 Å². The number of carbonyl (C=O) groups is 1. The molecule has 1 aromatic heterocycles. The van der Waals surface area contributed by atoms with E-state index in [1.807, 2.05) is 36.4 Å². The predicted molar refractivity (Wildman–Crippen MR) is 85.5 cm³/mol. The molecule has 19 heavy (non-hydrogen) atoms. The highest BCUT2D eigenvalue weighted by molar-refractivity contribution is 9.10. The average molecular weight is 401 g/mol. The van der Waals surface area contributed by atoms with Crippen LogP contribution >= 0.6 is 43.6 Å². The summed E-state index contributed by atoms with van der Waals surface area (Å²) in [6, 6.07) is 11.7. The Kier molecular flexibility index (Phi) is 5.60. The summed E-state index contributed by atoms with van der Waals surface area (Å²) >= 11 is 8.29. The molecule has 0 spiro atoms. The van der Waals surface area contributed by atoms with Gasteiger partial charge in [-0.15, -0.1) is 11.8 Å². The van der Waals surface area contributed by atoms with Crippen molar-refractivity contribution < 1.29 is 4.79 Å². The van der Waals surface area contributed by atoms with Gasteiger partial charge in [-0.25, -0.2) is 0 Å². The van der Waals surface area contributed by atoms with Crippen molar-refractivity contribution in [2.24, 2.45) is 0 Å². The second kappa shape index (κ2) is 7.22.